The maximum Gasteiger partial charge on any atom is 0.341 e. The molecule has 0 radical (unpaired) electrons. The second kappa shape index (κ2) is 10.0. The molecule has 35 heavy (non-hydrogen) atoms. The van der Waals surface area contributed by atoms with E-state index in [2.05, 4.69) is 0 Å². The summed E-state index contributed by atoms with van der Waals surface area (Å²) in [5.74, 6) is -0.285. The van der Waals surface area contributed by atoms with Gasteiger partial charge in [0.25, 0.3) is 11.2 Å². The largest absolute Gasteiger partial charge is 0.465 e. The number of esters is 1. The Morgan fingerprint density at radius 1 is 0.971 bits per heavy atom. The average Bonchev–Trinajstić information content (AvgIpc) is 2.89. The van der Waals surface area contributed by atoms with Crippen LogP contribution in [-0.2, 0) is 11.3 Å². The van der Waals surface area contributed by atoms with Gasteiger partial charge in [0.05, 0.1) is 17.7 Å². The third-order valence-corrected chi connectivity index (χ3v) is 5.61. The summed E-state index contributed by atoms with van der Waals surface area (Å²) >= 11 is 0. The molecule has 176 valence electrons. The monoisotopic (exact) mass is 469 g/mol. The van der Waals surface area contributed by atoms with Crippen molar-refractivity contribution in [3.05, 3.63) is 123 Å². The first-order valence-corrected chi connectivity index (χ1v) is 10.8. The quantitative estimate of drug-likeness (QED) is 0.218. The average molecular weight is 469 g/mol. The van der Waals surface area contributed by atoms with E-state index in [0.717, 1.165) is 5.56 Å². The summed E-state index contributed by atoms with van der Waals surface area (Å²) < 4.78 is 6.48. The van der Waals surface area contributed by atoms with Gasteiger partial charge in [0.2, 0.25) is 0 Å². The van der Waals surface area contributed by atoms with Gasteiger partial charge in [-0.2, -0.15) is 0 Å². The first kappa shape index (κ1) is 23.4. The number of pyridine rings is 1. The van der Waals surface area contributed by atoms with E-state index >= 15 is 0 Å². The molecule has 0 amide bonds. The van der Waals surface area contributed by atoms with Gasteiger partial charge in [0.1, 0.15) is 11.4 Å². The number of carbonyl (C=O) groups is 1. The molecule has 0 aliphatic heterocycles. The van der Waals surface area contributed by atoms with Crippen LogP contribution in [0.25, 0.3) is 16.8 Å². The third kappa shape index (κ3) is 4.81. The first-order valence-electron chi connectivity index (χ1n) is 10.8. The standard InChI is InChI=1S/C27H23N3O5/c1-28(18-19-9-5-3-6-10-19)25-24(27(32)35-2)17-23(20-11-7-4-8-12-20)26(31)29(25)21-13-15-22(16-14-21)30(33)34/h3-17H,18H2,1-2H3. The Balaban J connectivity index is 2.01. The van der Waals surface area contributed by atoms with Crippen LogP contribution in [0.2, 0.25) is 0 Å². The van der Waals surface area contributed by atoms with Crippen molar-refractivity contribution in [3.63, 3.8) is 0 Å². The van der Waals surface area contributed by atoms with Crippen LogP contribution >= 0.6 is 0 Å². The van der Waals surface area contributed by atoms with Crippen LogP contribution in [0.1, 0.15) is 15.9 Å². The smallest absolute Gasteiger partial charge is 0.341 e. The zero-order chi connectivity index (χ0) is 24.9. The van der Waals surface area contributed by atoms with Crippen LogP contribution < -0.4 is 10.5 Å². The molecule has 3 aromatic carbocycles. The molecular weight excluding hydrogens is 446 g/mol. The fourth-order valence-corrected chi connectivity index (χ4v) is 3.96. The minimum absolute atomic E-state index is 0.103. The van der Waals surface area contributed by atoms with Gasteiger partial charge in [-0.15, -0.1) is 0 Å². The number of benzene rings is 3. The Kier molecular flexibility index (Phi) is 6.73. The molecule has 0 unspecified atom stereocenters. The Labute approximate surface area is 201 Å². The molecule has 0 saturated heterocycles. The van der Waals surface area contributed by atoms with E-state index in [1.807, 2.05) is 36.4 Å². The molecule has 1 heterocycles. The lowest BCUT2D eigenvalue weighted by Crippen LogP contribution is -2.31. The SMILES string of the molecule is COC(=O)c1cc(-c2ccccc2)c(=O)n(-c2ccc([N+](=O)[O-])cc2)c1N(C)Cc1ccccc1. The number of hydrogen-bond acceptors (Lipinski definition) is 6. The van der Waals surface area contributed by atoms with E-state index in [4.69, 9.17) is 4.74 Å². The maximum absolute atomic E-state index is 13.9. The van der Waals surface area contributed by atoms with Crippen molar-refractivity contribution in [1.82, 2.24) is 4.57 Å². The summed E-state index contributed by atoms with van der Waals surface area (Å²) in [6.07, 6.45) is 0. The lowest BCUT2D eigenvalue weighted by molar-refractivity contribution is -0.384. The van der Waals surface area contributed by atoms with Gasteiger partial charge in [0.15, 0.2) is 0 Å². The molecule has 4 aromatic rings. The van der Waals surface area contributed by atoms with E-state index in [0.29, 0.717) is 29.2 Å². The summed E-state index contributed by atoms with van der Waals surface area (Å²) in [6.45, 7) is 0.405. The van der Waals surface area contributed by atoms with Crippen molar-refractivity contribution < 1.29 is 14.5 Å². The molecule has 0 atom stereocenters. The normalized spacial score (nSPS) is 10.6. The number of methoxy groups -OCH3 is 1. The lowest BCUT2D eigenvalue weighted by Gasteiger charge is -2.27. The minimum Gasteiger partial charge on any atom is -0.465 e. The van der Waals surface area contributed by atoms with Gasteiger partial charge in [-0.1, -0.05) is 60.7 Å². The summed E-state index contributed by atoms with van der Waals surface area (Å²) in [5.41, 5.74) is 2.03. The molecule has 0 spiro atoms. The summed E-state index contributed by atoms with van der Waals surface area (Å²) in [4.78, 5) is 39.3. The zero-order valence-electron chi connectivity index (χ0n) is 19.3. The van der Waals surface area contributed by atoms with Gasteiger partial charge in [-0.3, -0.25) is 19.5 Å². The van der Waals surface area contributed by atoms with Crippen molar-refractivity contribution in [1.29, 1.82) is 0 Å². The zero-order valence-corrected chi connectivity index (χ0v) is 19.3. The summed E-state index contributed by atoms with van der Waals surface area (Å²) in [6, 6.07) is 25.8. The molecular formula is C27H23N3O5. The predicted octanol–water partition coefficient (Wildman–Crippen LogP) is 4.84. The highest BCUT2D eigenvalue weighted by atomic mass is 16.6. The van der Waals surface area contributed by atoms with Crippen LogP contribution in [0.4, 0.5) is 11.5 Å². The van der Waals surface area contributed by atoms with Crippen molar-refractivity contribution in [2.45, 2.75) is 6.54 Å². The molecule has 0 fully saturated rings. The lowest BCUT2D eigenvalue weighted by atomic mass is 10.0. The molecule has 8 heteroatoms. The van der Waals surface area contributed by atoms with Crippen molar-refractivity contribution >= 4 is 17.5 Å². The molecule has 4 rings (SSSR count). The van der Waals surface area contributed by atoms with E-state index < -0.39 is 10.9 Å². The van der Waals surface area contributed by atoms with Crippen LogP contribution in [-0.4, -0.2) is 29.6 Å². The molecule has 0 N–H and O–H groups in total. The van der Waals surface area contributed by atoms with Gasteiger partial charge >= 0.3 is 5.97 Å². The number of rotatable bonds is 7. The topological polar surface area (TPSA) is 94.7 Å². The Morgan fingerprint density at radius 2 is 1.57 bits per heavy atom. The van der Waals surface area contributed by atoms with E-state index in [-0.39, 0.29) is 16.8 Å². The van der Waals surface area contributed by atoms with Crippen LogP contribution in [0, 0.1) is 10.1 Å². The number of ether oxygens (including phenoxy) is 1. The Hall–Kier alpha value is -4.72. The number of hydrogen-bond donors (Lipinski definition) is 0. The summed E-state index contributed by atoms with van der Waals surface area (Å²) in [5, 5.41) is 11.2. The number of carbonyl (C=O) groups excluding carboxylic acids is 1. The van der Waals surface area contributed by atoms with Gasteiger partial charge in [0, 0.05) is 31.3 Å². The Morgan fingerprint density at radius 3 is 2.14 bits per heavy atom. The molecule has 0 bridgehead atoms. The maximum atomic E-state index is 13.9. The highest BCUT2D eigenvalue weighted by Gasteiger charge is 2.25. The molecule has 8 nitrogen and oxygen atoms in total. The van der Waals surface area contributed by atoms with Gasteiger partial charge < -0.3 is 9.64 Å². The molecule has 0 aliphatic rings. The van der Waals surface area contributed by atoms with Crippen LogP contribution in [0.15, 0.2) is 95.8 Å². The van der Waals surface area contributed by atoms with Crippen molar-refractivity contribution in [3.8, 4) is 16.8 Å². The number of nitrogens with zero attached hydrogens (tertiary/aromatic N) is 3. The summed E-state index contributed by atoms with van der Waals surface area (Å²) in [7, 11) is 3.06. The fourth-order valence-electron chi connectivity index (χ4n) is 3.96. The molecule has 0 saturated carbocycles. The predicted molar refractivity (Wildman–Crippen MR) is 134 cm³/mol. The molecule has 1 aromatic heterocycles. The Bertz CT molecular complexity index is 1420. The van der Waals surface area contributed by atoms with E-state index in [1.54, 1.807) is 42.3 Å². The number of anilines is 1. The van der Waals surface area contributed by atoms with E-state index in [9.17, 15) is 19.7 Å². The first-order chi connectivity index (χ1) is 16.9. The highest BCUT2D eigenvalue weighted by Crippen LogP contribution is 2.29. The third-order valence-electron chi connectivity index (χ3n) is 5.61. The number of aromatic nitrogens is 1. The van der Waals surface area contributed by atoms with Crippen molar-refractivity contribution in [2.75, 3.05) is 19.1 Å². The highest BCUT2D eigenvalue weighted by molar-refractivity contribution is 5.96. The number of nitro benzene ring substituents is 1. The number of nitro groups is 1. The van der Waals surface area contributed by atoms with Gasteiger partial charge in [-0.05, 0) is 29.3 Å². The fraction of sp³-hybridized carbons (Fsp3) is 0.111. The second-order valence-electron chi connectivity index (χ2n) is 7.91. The van der Waals surface area contributed by atoms with Crippen LogP contribution in [0.3, 0.4) is 0 Å². The number of non-ortho nitro benzene ring substituents is 1. The van der Waals surface area contributed by atoms with E-state index in [1.165, 1.54) is 35.9 Å². The second-order valence-corrected chi connectivity index (χ2v) is 7.91. The van der Waals surface area contributed by atoms with Crippen LogP contribution in [0.5, 0.6) is 0 Å². The van der Waals surface area contributed by atoms with Gasteiger partial charge in [-0.25, -0.2) is 4.79 Å². The molecule has 0 aliphatic carbocycles. The minimum atomic E-state index is -0.604. The van der Waals surface area contributed by atoms with Crippen molar-refractivity contribution in [2.24, 2.45) is 0 Å².